The Balaban J connectivity index is 1.87. The maximum atomic E-state index is 6.40. The molecule has 2 aliphatic rings. The van der Waals surface area contributed by atoms with E-state index >= 15 is 0 Å². The van der Waals surface area contributed by atoms with Crippen molar-refractivity contribution in [2.75, 3.05) is 7.05 Å². The highest BCUT2D eigenvalue weighted by atomic mass is 16.5. The molecule has 0 heterocycles. The Bertz CT molecular complexity index is 255. The van der Waals surface area contributed by atoms with Crippen LogP contribution in [0.2, 0.25) is 0 Å². The van der Waals surface area contributed by atoms with E-state index in [0.29, 0.717) is 23.7 Å². The molecule has 2 nitrogen and oxygen atoms in total. The second kappa shape index (κ2) is 5.27. The Morgan fingerprint density at radius 2 is 2.06 bits per heavy atom. The molecule has 0 radical (unpaired) electrons. The molecule has 0 amide bonds. The Labute approximate surface area is 107 Å². The van der Waals surface area contributed by atoms with Crippen LogP contribution in [-0.2, 0) is 4.74 Å². The fourth-order valence-electron chi connectivity index (χ4n) is 3.68. The standard InChI is InChI=1S/C15H29NO/c1-5-15(3)13(16-4)10-14(15)17-12-8-6-7-11(2)9-12/h11-14,16H,5-10H2,1-4H3. The van der Waals surface area contributed by atoms with Gasteiger partial charge in [-0.2, -0.15) is 0 Å². The summed E-state index contributed by atoms with van der Waals surface area (Å²) in [5.74, 6) is 0.863. The van der Waals surface area contributed by atoms with Gasteiger partial charge in [-0.3, -0.25) is 0 Å². The van der Waals surface area contributed by atoms with Crippen LogP contribution >= 0.6 is 0 Å². The summed E-state index contributed by atoms with van der Waals surface area (Å²) in [5, 5.41) is 3.44. The molecular formula is C15H29NO. The Hall–Kier alpha value is -0.0800. The van der Waals surface area contributed by atoms with E-state index in [0.717, 1.165) is 5.92 Å². The molecule has 2 saturated carbocycles. The molecule has 0 aliphatic heterocycles. The van der Waals surface area contributed by atoms with E-state index in [2.05, 4.69) is 33.1 Å². The van der Waals surface area contributed by atoms with E-state index in [1.54, 1.807) is 0 Å². The zero-order valence-corrected chi connectivity index (χ0v) is 12.0. The third-order valence-corrected chi connectivity index (χ3v) is 5.34. The molecule has 1 N–H and O–H groups in total. The van der Waals surface area contributed by atoms with E-state index in [1.165, 1.54) is 38.5 Å². The van der Waals surface area contributed by atoms with Gasteiger partial charge in [0.15, 0.2) is 0 Å². The molecule has 0 aromatic carbocycles. The molecule has 0 aromatic heterocycles. The maximum absolute atomic E-state index is 6.40. The third kappa shape index (κ3) is 2.53. The van der Waals surface area contributed by atoms with Crippen LogP contribution in [0.15, 0.2) is 0 Å². The second-order valence-corrected chi connectivity index (χ2v) is 6.45. The predicted molar refractivity (Wildman–Crippen MR) is 72.2 cm³/mol. The molecule has 5 atom stereocenters. The average molecular weight is 239 g/mol. The molecule has 0 aromatic rings. The van der Waals surface area contributed by atoms with Crippen molar-refractivity contribution in [3.05, 3.63) is 0 Å². The summed E-state index contributed by atoms with van der Waals surface area (Å²) in [5.41, 5.74) is 0.357. The topological polar surface area (TPSA) is 21.3 Å². The molecule has 0 bridgehead atoms. The van der Waals surface area contributed by atoms with Crippen molar-refractivity contribution in [3.63, 3.8) is 0 Å². The van der Waals surface area contributed by atoms with Gasteiger partial charge in [-0.05, 0) is 38.6 Å². The zero-order chi connectivity index (χ0) is 12.5. The highest BCUT2D eigenvalue weighted by Gasteiger charge is 2.51. The monoisotopic (exact) mass is 239 g/mol. The molecule has 2 fully saturated rings. The van der Waals surface area contributed by atoms with E-state index in [4.69, 9.17) is 4.74 Å². The number of ether oxygens (including phenoxy) is 1. The van der Waals surface area contributed by atoms with Crippen molar-refractivity contribution in [1.29, 1.82) is 0 Å². The van der Waals surface area contributed by atoms with Crippen LogP contribution in [0.4, 0.5) is 0 Å². The lowest BCUT2D eigenvalue weighted by Gasteiger charge is -2.54. The van der Waals surface area contributed by atoms with Crippen LogP contribution in [-0.4, -0.2) is 25.3 Å². The Morgan fingerprint density at radius 3 is 2.65 bits per heavy atom. The molecule has 0 spiro atoms. The van der Waals surface area contributed by atoms with Crippen LogP contribution in [0.1, 0.15) is 59.3 Å². The Kier molecular flexibility index (Phi) is 4.14. The summed E-state index contributed by atoms with van der Waals surface area (Å²) in [6.45, 7) is 7.05. The summed E-state index contributed by atoms with van der Waals surface area (Å²) in [6, 6.07) is 0.651. The molecule has 2 aliphatic carbocycles. The molecule has 2 heteroatoms. The van der Waals surface area contributed by atoms with Gasteiger partial charge in [-0.15, -0.1) is 0 Å². The van der Waals surface area contributed by atoms with E-state index in [1.807, 2.05) is 0 Å². The minimum Gasteiger partial charge on any atom is -0.374 e. The molecule has 5 unspecified atom stereocenters. The predicted octanol–water partition coefficient (Wildman–Crippen LogP) is 3.36. The first-order valence-electron chi connectivity index (χ1n) is 7.42. The molecule has 0 saturated heterocycles. The van der Waals surface area contributed by atoms with Crippen LogP contribution in [0.5, 0.6) is 0 Å². The summed E-state index contributed by atoms with van der Waals surface area (Å²) >= 11 is 0. The lowest BCUT2D eigenvalue weighted by atomic mass is 9.61. The fourth-order valence-corrected chi connectivity index (χ4v) is 3.68. The first kappa shape index (κ1) is 13.4. The SMILES string of the molecule is CCC1(C)C(NC)CC1OC1CCCC(C)C1. The van der Waals surface area contributed by atoms with E-state index < -0.39 is 0 Å². The smallest absolute Gasteiger partial charge is 0.0662 e. The molecule has 100 valence electrons. The van der Waals surface area contributed by atoms with Gasteiger partial charge in [0.05, 0.1) is 12.2 Å². The minimum absolute atomic E-state index is 0.357. The van der Waals surface area contributed by atoms with Crippen LogP contribution in [0.25, 0.3) is 0 Å². The summed E-state index contributed by atoms with van der Waals surface area (Å²) in [6.07, 6.45) is 8.75. The van der Waals surface area contributed by atoms with Crippen LogP contribution in [0, 0.1) is 11.3 Å². The first-order valence-corrected chi connectivity index (χ1v) is 7.42. The van der Waals surface area contributed by atoms with Gasteiger partial charge in [-0.25, -0.2) is 0 Å². The number of hydrogen-bond donors (Lipinski definition) is 1. The van der Waals surface area contributed by atoms with Crippen LogP contribution < -0.4 is 5.32 Å². The van der Waals surface area contributed by atoms with Gasteiger partial charge in [0.1, 0.15) is 0 Å². The lowest BCUT2D eigenvalue weighted by Crippen LogP contribution is -2.62. The number of rotatable bonds is 4. The van der Waals surface area contributed by atoms with E-state index in [-0.39, 0.29) is 0 Å². The fraction of sp³-hybridized carbons (Fsp3) is 1.00. The maximum Gasteiger partial charge on any atom is 0.0662 e. The minimum atomic E-state index is 0.357. The van der Waals surface area contributed by atoms with Gasteiger partial charge in [0.25, 0.3) is 0 Å². The second-order valence-electron chi connectivity index (χ2n) is 6.45. The highest BCUT2D eigenvalue weighted by Crippen LogP contribution is 2.47. The van der Waals surface area contributed by atoms with Crippen molar-refractivity contribution in [2.24, 2.45) is 11.3 Å². The van der Waals surface area contributed by atoms with Gasteiger partial charge in [0, 0.05) is 11.5 Å². The highest BCUT2D eigenvalue weighted by molar-refractivity contribution is 5.04. The molecule has 17 heavy (non-hydrogen) atoms. The molecular weight excluding hydrogens is 210 g/mol. The first-order chi connectivity index (χ1) is 8.10. The van der Waals surface area contributed by atoms with Crippen molar-refractivity contribution in [1.82, 2.24) is 5.32 Å². The van der Waals surface area contributed by atoms with Crippen molar-refractivity contribution < 1.29 is 4.74 Å². The lowest BCUT2D eigenvalue weighted by molar-refractivity contribution is -0.164. The number of nitrogens with one attached hydrogen (secondary N) is 1. The Morgan fingerprint density at radius 1 is 1.29 bits per heavy atom. The molecule has 2 rings (SSSR count). The zero-order valence-electron chi connectivity index (χ0n) is 12.0. The summed E-state index contributed by atoms with van der Waals surface area (Å²) < 4.78 is 6.40. The normalized spacial score (nSPS) is 46.6. The van der Waals surface area contributed by atoms with Crippen molar-refractivity contribution >= 4 is 0 Å². The van der Waals surface area contributed by atoms with Gasteiger partial charge in [-0.1, -0.05) is 33.6 Å². The van der Waals surface area contributed by atoms with Gasteiger partial charge < -0.3 is 10.1 Å². The summed E-state index contributed by atoms with van der Waals surface area (Å²) in [4.78, 5) is 0. The van der Waals surface area contributed by atoms with Crippen molar-refractivity contribution in [2.45, 2.75) is 77.5 Å². The van der Waals surface area contributed by atoms with Gasteiger partial charge in [0.2, 0.25) is 0 Å². The van der Waals surface area contributed by atoms with E-state index in [9.17, 15) is 0 Å². The van der Waals surface area contributed by atoms with Crippen molar-refractivity contribution in [3.8, 4) is 0 Å². The number of hydrogen-bond acceptors (Lipinski definition) is 2. The largest absolute Gasteiger partial charge is 0.374 e. The summed E-state index contributed by atoms with van der Waals surface area (Å²) in [7, 11) is 2.08. The third-order valence-electron chi connectivity index (χ3n) is 5.34. The average Bonchev–Trinajstić information content (AvgIpc) is 2.33. The quantitative estimate of drug-likeness (QED) is 0.812. The van der Waals surface area contributed by atoms with Gasteiger partial charge >= 0.3 is 0 Å². The van der Waals surface area contributed by atoms with Crippen LogP contribution in [0.3, 0.4) is 0 Å².